The number of phenolic OH excluding ortho intramolecular Hbond substituents is 15. The van der Waals surface area contributed by atoms with Gasteiger partial charge in [0.25, 0.3) is 0 Å². The van der Waals surface area contributed by atoms with Crippen LogP contribution < -0.4 is 0 Å². The van der Waals surface area contributed by atoms with Crippen molar-refractivity contribution in [2.75, 3.05) is 6.61 Å². The Hall–Kier alpha value is -9.59. The number of cyclic esters (lactones) is 1. The van der Waals surface area contributed by atoms with E-state index >= 15 is 0 Å². The zero-order valence-corrected chi connectivity index (χ0v) is 32.9. The summed E-state index contributed by atoms with van der Waals surface area (Å²) in [5.41, 5.74) is -6.64. The fourth-order valence-corrected chi connectivity index (χ4v) is 6.77. The number of carbonyl (C=O) groups is 5. The highest BCUT2D eigenvalue weighted by molar-refractivity contribution is 6.08. The van der Waals surface area contributed by atoms with E-state index in [4.69, 9.17) is 28.4 Å². The van der Waals surface area contributed by atoms with Crippen LogP contribution in [0.1, 0.15) is 51.8 Å². The topological polar surface area (TPSA) is 444 Å². The maximum absolute atomic E-state index is 14.4. The number of carbonyl (C=O) groups excluding carboxylic acids is 5. The van der Waals surface area contributed by atoms with Crippen LogP contribution >= 0.6 is 0 Å². The second kappa shape index (κ2) is 16.8. The van der Waals surface area contributed by atoms with Gasteiger partial charge in [-0.25, -0.2) is 24.0 Å². The van der Waals surface area contributed by atoms with E-state index < -0.39 is 192 Å². The van der Waals surface area contributed by atoms with E-state index in [-0.39, 0.29) is 0 Å². The molecule has 1 fully saturated rings. The van der Waals surface area contributed by atoms with Crippen LogP contribution in [0.4, 0.5) is 0 Å². The van der Waals surface area contributed by atoms with Crippen LogP contribution in [0.2, 0.25) is 0 Å². The summed E-state index contributed by atoms with van der Waals surface area (Å²) < 4.78 is 33.4. The summed E-state index contributed by atoms with van der Waals surface area (Å²) in [7, 11) is 0. The molecule has 26 nitrogen and oxygen atoms in total. The van der Waals surface area contributed by atoms with E-state index in [2.05, 4.69) is 0 Å². The molecule has 67 heavy (non-hydrogen) atoms. The Morgan fingerprint density at radius 1 is 0.433 bits per heavy atom. The minimum atomic E-state index is -2.55. The third-order valence-electron chi connectivity index (χ3n) is 10.0. The average molecular weight is 939 g/mol. The third kappa shape index (κ3) is 8.12. The van der Waals surface area contributed by atoms with Gasteiger partial charge in [0.15, 0.2) is 87.0 Å². The maximum Gasteiger partial charge on any atom is 0.340 e. The molecule has 26 heteroatoms. The van der Waals surface area contributed by atoms with Gasteiger partial charge in [-0.1, -0.05) is 0 Å². The molecular formula is C41H30O26. The lowest BCUT2D eigenvalue weighted by Crippen LogP contribution is -2.63. The van der Waals surface area contributed by atoms with Crippen molar-refractivity contribution < 1.29 is 129 Å². The van der Waals surface area contributed by atoms with E-state index in [0.29, 0.717) is 48.5 Å². The van der Waals surface area contributed by atoms with Crippen LogP contribution in [0.3, 0.4) is 0 Å². The molecule has 7 rings (SSSR count). The van der Waals surface area contributed by atoms with Gasteiger partial charge in [-0.05, 0) is 48.5 Å². The molecule has 1 saturated heterocycles. The summed E-state index contributed by atoms with van der Waals surface area (Å²) in [5, 5.41) is 154. The van der Waals surface area contributed by atoms with Crippen molar-refractivity contribution in [2.24, 2.45) is 0 Å². The van der Waals surface area contributed by atoms with Crippen LogP contribution in [-0.2, 0) is 28.4 Å². The van der Waals surface area contributed by atoms with Gasteiger partial charge in [-0.15, -0.1) is 0 Å². The van der Waals surface area contributed by atoms with Gasteiger partial charge in [0.05, 0.1) is 27.8 Å². The van der Waals surface area contributed by atoms with E-state index in [1.54, 1.807) is 0 Å². The van der Waals surface area contributed by atoms with Crippen LogP contribution in [0, 0.1) is 0 Å². The average Bonchev–Trinajstić information content (AvgIpc) is 3.29. The largest absolute Gasteiger partial charge is 0.504 e. The smallest absolute Gasteiger partial charge is 0.340 e. The van der Waals surface area contributed by atoms with Crippen molar-refractivity contribution in [3.05, 3.63) is 76.3 Å². The van der Waals surface area contributed by atoms with Crippen molar-refractivity contribution in [1.29, 1.82) is 0 Å². The van der Waals surface area contributed by atoms with Gasteiger partial charge in [0.1, 0.15) is 12.7 Å². The second-order valence-electron chi connectivity index (χ2n) is 14.3. The maximum atomic E-state index is 14.4. The second-order valence-corrected chi connectivity index (χ2v) is 14.3. The molecule has 15 N–H and O–H groups in total. The lowest BCUT2D eigenvalue weighted by atomic mass is 9.92. The molecule has 5 aromatic carbocycles. The molecule has 0 radical (unpaired) electrons. The number of fused-ring (bicyclic) bond motifs is 4. The number of benzene rings is 5. The lowest BCUT2D eigenvalue weighted by molar-refractivity contribution is -0.282. The fraction of sp³-hybridized carbons (Fsp3) is 0.146. The van der Waals surface area contributed by atoms with Crippen LogP contribution in [0.25, 0.3) is 11.1 Å². The number of rotatable bonds is 6. The summed E-state index contributed by atoms with van der Waals surface area (Å²) >= 11 is 0. The first kappa shape index (κ1) is 45.4. The van der Waals surface area contributed by atoms with Crippen molar-refractivity contribution >= 4 is 29.8 Å². The molecule has 5 atom stereocenters. The Morgan fingerprint density at radius 2 is 0.776 bits per heavy atom. The Balaban J connectivity index is 1.44. The summed E-state index contributed by atoms with van der Waals surface area (Å²) in [5.74, 6) is -26.5. The quantitative estimate of drug-likeness (QED) is 0.0654. The highest BCUT2D eigenvalue weighted by Gasteiger charge is 2.55. The first-order valence-corrected chi connectivity index (χ1v) is 18.5. The molecule has 2 aliphatic heterocycles. The Morgan fingerprint density at radius 3 is 1.18 bits per heavy atom. The molecule has 0 bridgehead atoms. The van der Waals surface area contributed by atoms with Gasteiger partial charge in [0, 0.05) is 11.1 Å². The predicted octanol–water partition coefficient (Wildman–Crippen LogP) is 1.67. The summed E-state index contributed by atoms with van der Waals surface area (Å²) in [6.07, 6.45) is -12.2. The van der Waals surface area contributed by atoms with E-state index in [1.807, 2.05) is 0 Å². The molecule has 2 heterocycles. The van der Waals surface area contributed by atoms with E-state index in [0.717, 1.165) is 0 Å². The number of aromatic hydroxyl groups is 15. The SMILES string of the molecule is O=C(OC1OC2COC(=O)c3cc(O)c(O)c(O)c3-c3c(cc(O)c(O)c3O)C(=O)OC2[C@H](OC(=O)c2cc(O)c(O)c(O)c2)C1OC(=O)c1cc(O)c(O)c(O)c1)c1cc(O)c(O)c(O)c1. The predicted molar refractivity (Wildman–Crippen MR) is 208 cm³/mol. The molecule has 4 unspecified atom stereocenters. The molecule has 0 spiro atoms. The number of ether oxygens (including phenoxy) is 6. The van der Waals surface area contributed by atoms with Crippen molar-refractivity contribution in [3.63, 3.8) is 0 Å². The highest BCUT2D eigenvalue weighted by Crippen LogP contribution is 2.53. The number of esters is 5. The molecule has 350 valence electrons. The Bertz CT molecular complexity index is 2870. The monoisotopic (exact) mass is 938 g/mol. The molecule has 0 aliphatic carbocycles. The molecule has 0 aromatic heterocycles. The molecular weight excluding hydrogens is 908 g/mol. The highest BCUT2D eigenvalue weighted by atomic mass is 16.7. The molecule has 5 aromatic rings. The standard InChI is InChI=1S/C41H30O26/c42-15-1-10(2-16(43)26(15)50)36(57)65-34-33-23(9-62-39(60)13-7-21(48)29(53)31(55)24(13)25-14(40(61)64-33)8-22(49)30(54)32(25)56)63-41(67-38(59)12-5-19(46)28(52)20(47)6-12)35(34)66-37(58)11-3-17(44)27(51)18(45)4-11/h1-8,23,33-35,41-56H,9H2/t23?,33?,34-,35?,41?/m0/s1. The molecule has 0 amide bonds. The van der Waals surface area contributed by atoms with Crippen molar-refractivity contribution in [2.45, 2.75) is 30.7 Å². The van der Waals surface area contributed by atoms with Gasteiger partial charge < -0.3 is 105 Å². The first-order valence-electron chi connectivity index (χ1n) is 18.5. The van der Waals surface area contributed by atoms with Crippen LogP contribution in [0.15, 0.2) is 48.5 Å². The summed E-state index contributed by atoms with van der Waals surface area (Å²) in [4.78, 5) is 69.7. The van der Waals surface area contributed by atoms with Gasteiger partial charge in [-0.2, -0.15) is 0 Å². The molecule has 0 saturated carbocycles. The number of hydrogen-bond acceptors (Lipinski definition) is 26. The zero-order chi connectivity index (χ0) is 49.1. The third-order valence-corrected chi connectivity index (χ3v) is 10.0. The zero-order valence-electron chi connectivity index (χ0n) is 32.9. The van der Waals surface area contributed by atoms with E-state index in [9.17, 15) is 101 Å². The van der Waals surface area contributed by atoms with Crippen LogP contribution in [-0.4, -0.2) is 144 Å². The van der Waals surface area contributed by atoms with Crippen molar-refractivity contribution in [1.82, 2.24) is 0 Å². The summed E-state index contributed by atoms with van der Waals surface area (Å²) in [6.45, 7) is -1.26. The van der Waals surface area contributed by atoms with E-state index in [1.165, 1.54) is 0 Å². The minimum absolute atomic E-state index is 0.402. The number of phenols is 15. The number of hydrogen-bond donors (Lipinski definition) is 15. The van der Waals surface area contributed by atoms with Gasteiger partial charge in [0.2, 0.25) is 23.9 Å². The lowest BCUT2D eigenvalue weighted by Gasteiger charge is -2.43. The van der Waals surface area contributed by atoms with Crippen LogP contribution in [0.5, 0.6) is 86.2 Å². The normalized spacial score (nSPS) is 19.0. The fourth-order valence-electron chi connectivity index (χ4n) is 6.77. The Kier molecular flexibility index (Phi) is 11.4. The van der Waals surface area contributed by atoms with Crippen molar-refractivity contribution in [3.8, 4) is 97.4 Å². The summed E-state index contributed by atoms with van der Waals surface area (Å²) in [6, 6.07) is 4.13. The van der Waals surface area contributed by atoms with Gasteiger partial charge in [-0.3, -0.25) is 0 Å². The molecule has 2 aliphatic rings. The minimum Gasteiger partial charge on any atom is -0.504 e. The first-order chi connectivity index (χ1) is 31.5. The van der Waals surface area contributed by atoms with Gasteiger partial charge >= 0.3 is 29.8 Å². The Labute approximate surface area is 369 Å².